The third-order valence-corrected chi connectivity index (χ3v) is 2.12. The number of hydrogen-bond donors (Lipinski definition) is 1. The molecule has 0 atom stereocenters. The number of hydrogen-bond acceptors (Lipinski definition) is 2. The lowest BCUT2D eigenvalue weighted by Gasteiger charge is -2.16. The van der Waals surface area contributed by atoms with Crippen LogP contribution in [-0.2, 0) is 0 Å². The average molecular weight is 232 g/mol. The highest BCUT2D eigenvalue weighted by Crippen LogP contribution is 2.07. The van der Waals surface area contributed by atoms with E-state index in [1.54, 1.807) is 24.1 Å². The van der Waals surface area contributed by atoms with Crippen molar-refractivity contribution in [3.63, 3.8) is 0 Å². The minimum absolute atomic E-state index is 0.231. The summed E-state index contributed by atoms with van der Waals surface area (Å²) in [6.07, 6.45) is -2.31. The van der Waals surface area contributed by atoms with Crippen molar-refractivity contribution in [1.29, 1.82) is 0 Å². The fourth-order valence-electron chi connectivity index (χ4n) is 1.29. The molecule has 0 saturated carbocycles. The Morgan fingerprint density at radius 1 is 1.25 bits per heavy atom. The van der Waals surface area contributed by atoms with Gasteiger partial charge in [-0.15, -0.1) is 0 Å². The second-order valence-electron chi connectivity index (χ2n) is 3.59. The summed E-state index contributed by atoms with van der Waals surface area (Å²) in [5.41, 5.74) is 0.784. The summed E-state index contributed by atoms with van der Waals surface area (Å²) in [7, 11) is 1.64. The van der Waals surface area contributed by atoms with Gasteiger partial charge in [0.2, 0.25) is 0 Å². The molecule has 16 heavy (non-hydrogen) atoms. The van der Waals surface area contributed by atoms with Crippen LogP contribution < -0.4 is 5.32 Å². The Morgan fingerprint density at radius 3 is 2.44 bits per heavy atom. The molecule has 0 aliphatic heterocycles. The Balaban J connectivity index is 2.22. The van der Waals surface area contributed by atoms with E-state index in [4.69, 9.17) is 0 Å². The Labute approximate surface area is 93.1 Å². The molecule has 2 nitrogen and oxygen atoms in total. The lowest BCUT2D eigenvalue weighted by atomic mass is 10.3. The van der Waals surface area contributed by atoms with Crippen LogP contribution in [0.4, 0.5) is 18.9 Å². The molecule has 0 amide bonds. The van der Waals surface area contributed by atoms with E-state index in [1.165, 1.54) is 12.1 Å². The minimum atomic E-state index is -2.31. The monoisotopic (exact) mass is 232 g/mol. The zero-order chi connectivity index (χ0) is 12.0. The number of alkyl halides is 2. The highest BCUT2D eigenvalue weighted by Gasteiger charge is 2.06. The van der Waals surface area contributed by atoms with Gasteiger partial charge in [-0.05, 0) is 31.3 Å². The molecule has 1 aromatic rings. The van der Waals surface area contributed by atoms with Crippen LogP contribution >= 0.6 is 0 Å². The van der Waals surface area contributed by atoms with Crippen LogP contribution in [-0.4, -0.2) is 38.0 Å². The molecule has 0 aromatic heterocycles. The van der Waals surface area contributed by atoms with Crippen molar-refractivity contribution in [2.24, 2.45) is 0 Å². The molecule has 1 aromatic carbocycles. The average Bonchev–Trinajstić information content (AvgIpc) is 2.20. The van der Waals surface area contributed by atoms with E-state index in [9.17, 15) is 13.2 Å². The van der Waals surface area contributed by atoms with Gasteiger partial charge in [0, 0.05) is 18.8 Å². The lowest BCUT2D eigenvalue weighted by molar-refractivity contribution is 0.102. The standard InChI is InChI=1S/C11H15F3N2/c1-16(8-11(13)14)7-6-15-10-4-2-9(12)3-5-10/h2-5,11,15H,6-8H2,1H3. The molecule has 5 heteroatoms. The topological polar surface area (TPSA) is 15.3 Å². The highest BCUT2D eigenvalue weighted by atomic mass is 19.3. The summed E-state index contributed by atoms with van der Waals surface area (Å²) in [4.78, 5) is 1.54. The molecular formula is C11H15F3N2. The van der Waals surface area contributed by atoms with Crippen LogP contribution in [0.25, 0.3) is 0 Å². The largest absolute Gasteiger partial charge is 0.384 e. The van der Waals surface area contributed by atoms with E-state index in [0.717, 1.165) is 5.69 Å². The second kappa shape index (κ2) is 6.37. The molecule has 0 unspecified atom stereocenters. The van der Waals surface area contributed by atoms with Crippen LogP contribution in [0.3, 0.4) is 0 Å². The van der Waals surface area contributed by atoms with Gasteiger partial charge in [-0.3, -0.25) is 4.90 Å². The molecule has 0 radical (unpaired) electrons. The number of rotatable bonds is 6. The van der Waals surface area contributed by atoms with E-state index in [0.29, 0.717) is 13.1 Å². The van der Waals surface area contributed by atoms with Gasteiger partial charge in [0.05, 0.1) is 6.54 Å². The highest BCUT2D eigenvalue weighted by molar-refractivity contribution is 5.42. The summed E-state index contributed by atoms with van der Waals surface area (Å²) < 4.78 is 36.5. The maximum Gasteiger partial charge on any atom is 0.251 e. The van der Waals surface area contributed by atoms with E-state index in [-0.39, 0.29) is 12.4 Å². The lowest BCUT2D eigenvalue weighted by Crippen LogP contribution is -2.29. The third kappa shape index (κ3) is 5.02. The summed E-state index contributed by atoms with van der Waals surface area (Å²) in [5, 5.41) is 3.02. The van der Waals surface area contributed by atoms with Crippen molar-refractivity contribution in [2.45, 2.75) is 6.43 Å². The zero-order valence-electron chi connectivity index (χ0n) is 9.09. The normalized spacial score (nSPS) is 11.1. The third-order valence-electron chi connectivity index (χ3n) is 2.12. The van der Waals surface area contributed by atoms with Crippen molar-refractivity contribution in [3.8, 4) is 0 Å². The van der Waals surface area contributed by atoms with Gasteiger partial charge in [0.1, 0.15) is 5.82 Å². The van der Waals surface area contributed by atoms with E-state index in [1.807, 2.05) is 0 Å². The number of anilines is 1. The molecule has 0 heterocycles. The first-order chi connectivity index (χ1) is 7.58. The molecule has 90 valence electrons. The minimum Gasteiger partial charge on any atom is -0.384 e. The van der Waals surface area contributed by atoms with Crippen LogP contribution in [0.1, 0.15) is 0 Å². The predicted octanol–water partition coefficient (Wildman–Crippen LogP) is 2.43. The maximum absolute atomic E-state index is 12.6. The van der Waals surface area contributed by atoms with E-state index < -0.39 is 6.43 Å². The molecule has 0 fully saturated rings. The molecular weight excluding hydrogens is 217 g/mol. The number of likely N-dealkylation sites (N-methyl/N-ethyl adjacent to an activating group) is 1. The van der Waals surface area contributed by atoms with Crippen LogP contribution in [0.15, 0.2) is 24.3 Å². The van der Waals surface area contributed by atoms with Gasteiger partial charge in [0.15, 0.2) is 0 Å². The van der Waals surface area contributed by atoms with Gasteiger partial charge in [0.25, 0.3) is 6.43 Å². The molecule has 0 bridgehead atoms. The summed E-state index contributed by atoms with van der Waals surface area (Å²) in [5.74, 6) is -0.291. The van der Waals surface area contributed by atoms with E-state index in [2.05, 4.69) is 5.32 Å². The fraction of sp³-hybridized carbons (Fsp3) is 0.455. The van der Waals surface area contributed by atoms with Crippen molar-refractivity contribution >= 4 is 5.69 Å². The van der Waals surface area contributed by atoms with Crippen molar-refractivity contribution in [2.75, 3.05) is 32.0 Å². The molecule has 0 saturated heterocycles. The molecule has 1 rings (SSSR count). The molecule has 1 N–H and O–H groups in total. The van der Waals surface area contributed by atoms with Crippen LogP contribution in [0.5, 0.6) is 0 Å². The Morgan fingerprint density at radius 2 is 1.88 bits per heavy atom. The van der Waals surface area contributed by atoms with Crippen LogP contribution in [0, 0.1) is 5.82 Å². The molecule has 0 aliphatic rings. The SMILES string of the molecule is CN(CCNc1ccc(F)cc1)CC(F)F. The Hall–Kier alpha value is -1.23. The fourth-order valence-corrected chi connectivity index (χ4v) is 1.29. The second-order valence-corrected chi connectivity index (χ2v) is 3.59. The summed E-state index contributed by atoms with van der Waals surface area (Å²) >= 11 is 0. The van der Waals surface area contributed by atoms with Gasteiger partial charge < -0.3 is 5.32 Å². The smallest absolute Gasteiger partial charge is 0.251 e. The van der Waals surface area contributed by atoms with Crippen molar-refractivity contribution in [3.05, 3.63) is 30.1 Å². The molecule has 0 aliphatic carbocycles. The van der Waals surface area contributed by atoms with Gasteiger partial charge in [-0.2, -0.15) is 0 Å². The number of nitrogens with one attached hydrogen (secondary N) is 1. The quantitative estimate of drug-likeness (QED) is 0.810. The van der Waals surface area contributed by atoms with Crippen LogP contribution in [0.2, 0.25) is 0 Å². The van der Waals surface area contributed by atoms with Crippen molar-refractivity contribution in [1.82, 2.24) is 4.90 Å². The zero-order valence-corrected chi connectivity index (χ0v) is 9.09. The first kappa shape index (κ1) is 12.8. The summed E-state index contributed by atoms with van der Waals surface area (Å²) in [6, 6.07) is 5.93. The first-order valence-electron chi connectivity index (χ1n) is 5.04. The van der Waals surface area contributed by atoms with Crippen molar-refractivity contribution < 1.29 is 13.2 Å². The first-order valence-corrected chi connectivity index (χ1v) is 5.04. The number of benzene rings is 1. The van der Waals surface area contributed by atoms with E-state index >= 15 is 0 Å². The summed E-state index contributed by atoms with van der Waals surface area (Å²) in [6.45, 7) is 0.835. The Bertz CT molecular complexity index is 301. The Kier molecular flexibility index (Phi) is 5.11. The number of nitrogens with zero attached hydrogens (tertiary/aromatic N) is 1. The van der Waals surface area contributed by atoms with Gasteiger partial charge in [-0.25, -0.2) is 13.2 Å². The van der Waals surface area contributed by atoms with Gasteiger partial charge >= 0.3 is 0 Å². The predicted molar refractivity (Wildman–Crippen MR) is 58.4 cm³/mol. The number of halogens is 3. The molecule has 0 spiro atoms. The van der Waals surface area contributed by atoms with Gasteiger partial charge in [-0.1, -0.05) is 0 Å². The maximum atomic E-state index is 12.6.